The third kappa shape index (κ3) is 3.63. The summed E-state index contributed by atoms with van der Waals surface area (Å²) >= 11 is 0. The molecule has 0 saturated heterocycles. The smallest absolute Gasteiger partial charge is 0.169 e. The number of hydrogen-bond donors (Lipinski definition) is 0. The first-order valence-corrected chi connectivity index (χ1v) is 5.20. The highest BCUT2D eigenvalue weighted by atomic mass is 35.5. The topological polar surface area (TPSA) is 16.8 Å². The summed E-state index contributed by atoms with van der Waals surface area (Å²) in [6, 6.07) is 10.3. The van der Waals surface area contributed by atoms with Crippen molar-refractivity contribution in [2.45, 2.75) is 19.9 Å². The maximum Gasteiger partial charge on any atom is 0.169 e. The van der Waals surface area contributed by atoms with Crippen LogP contribution in [0.5, 0.6) is 0 Å². The van der Waals surface area contributed by atoms with Gasteiger partial charge in [0.05, 0.1) is 0 Å². The van der Waals surface area contributed by atoms with Gasteiger partial charge in [0.25, 0.3) is 0 Å². The minimum absolute atomic E-state index is 0. The van der Waals surface area contributed by atoms with Crippen LogP contribution in [-0.4, -0.2) is 4.98 Å². The molecular weight excluding hydrogens is 220 g/mol. The van der Waals surface area contributed by atoms with Gasteiger partial charge in [-0.15, -0.1) is 0 Å². The standard InChI is InChI=1S/C13H15N2.ClH/c1-12-5-9-15(10-6-12)11-7-13-4-2-3-8-14-13;/h2-6,8-10H,7,11H2,1H3;1H/q+1;/p-1. The summed E-state index contributed by atoms with van der Waals surface area (Å²) < 4.78 is 2.18. The van der Waals surface area contributed by atoms with Crippen LogP contribution in [0.15, 0.2) is 48.9 Å². The van der Waals surface area contributed by atoms with Gasteiger partial charge >= 0.3 is 0 Å². The highest BCUT2D eigenvalue weighted by molar-refractivity contribution is 5.04. The fourth-order valence-electron chi connectivity index (χ4n) is 1.47. The molecular formula is C13H15ClN2. The second kappa shape index (κ2) is 6.23. The molecule has 0 atom stereocenters. The summed E-state index contributed by atoms with van der Waals surface area (Å²) in [4.78, 5) is 4.30. The van der Waals surface area contributed by atoms with Gasteiger partial charge in [-0.05, 0) is 24.6 Å². The van der Waals surface area contributed by atoms with E-state index in [0.29, 0.717) is 0 Å². The molecule has 0 spiro atoms. The molecule has 3 heteroatoms. The molecule has 0 bridgehead atoms. The van der Waals surface area contributed by atoms with Gasteiger partial charge in [0.15, 0.2) is 18.9 Å². The third-order valence-electron chi connectivity index (χ3n) is 2.41. The number of pyridine rings is 2. The van der Waals surface area contributed by atoms with Crippen LogP contribution in [0.4, 0.5) is 0 Å². The molecule has 2 rings (SSSR count). The van der Waals surface area contributed by atoms with Gasteiger partial charge in [-0.2, -0.15) is 0 Å². The predicted octanol–water partition coefficient (Wildman–Crippen LogP) is -1.08. The second-order valence-corrected chi connectivity index (χ2v) is 3.68. The number of aryl methyl sites for hydroxylation is 3. The van der Waals surface area contributed by atoms with Gasteiger partial charge in [-0.25, -0.2) is 4.57 Å². The van der Waals surface area contributed by atoms with Gasteiger partial charge < -0.3 is 12.4 Å². The van der Waals surface area contributed by atoms with E-state index < -0.39 is 0 Å². The first kappa shape index (κ1) is 12.7. The van der Waals surface area contributed by atoms with Crippen molar-refractivity contribution in [1.29, 1.82) is 0 Å². The van der Waals surface area contributed by atoms with E-state index in [2.05, 4.69) is 47.1 Å². The number of nitrogens with zero attached hydrogens (tertiary/aromatic N) is 2. The Hall–Kier alpha value is -1.41. The van der Waals surface area contributed by atoms with Gasteiger partial charge in [0, 0.05) is 30.4 Å². The van der Waals surface area contributed by atoms with Crippen molar-refractivity contribution in [3.05, 3.63) is 60.2 Å². The molecule has 0 N–H and O–H groups in total. The summed E-state index contributed by atoms with van der Waals surface area (Å²) in [5, 5.41) is 0. The van der Waals surface area contributed by atoms with E-state index in [1.807, 2.05) is 18.3 Å². The van der Waals surface area contributed by atoms with Crippen molar-refractivity contribution in [3.63, 3.8) is 0 Å². The van der Waals surface area contributed by atoms with Crippen LogP contribution >= 0.6 is 0 Å². The summed E-state index contributed by atoms with van der Waals surface area (Å²) in [5.74, 6) is 0. The molecule has 0 amide bonds. The SMILES string of the molecule is Cc1cc[n+](CCc2ccccn2)cc1.[Cl-]. The number of rotatable bonds is 3. The van der Waals surface area contributed by atoms with Crippen LogP contribution in [0.3, 0.4) is 0 Å². The van der Waals surface area contributed by atoms with E-state index >= 15 is 0 Å². The Balaban J connectivity index is 0.00000128. The Morgan fingerprint density at radius 1 is 1.12 bits per heavy atom. The third-order valence-corrected chi connectivity index (χ3v) is 2.41. The highest BCUT2D eigenvalue weighted by Gasteiger charge is 2.00. The van der Waals surface area contributed by atoms with Crippen LogP contribution < -0.4 is 17.0 Å². The van der Waals surface area contributed by atoms with Gasteiger partial charge in [-0.3, -0.25) is 4.98 Å². The van der Waals surface area contributed by atoms with Crippen molar-refractivity contribution in [2.75, 3.05) is 0 Å². The molecule has 0 fully saturated rings. The minimum atomic E-state index is 0. The molecule has 2 aromatic heterocycles. The van der Waals surface area contributed by atoms with Crippen LogP contribution in [-0.2, 0) is 13.0 Å². The normalized spacial score (nSPS) is 9.56. The lowest BCUT2D eigenvalue weighted by Crippen LogP contribution is -3.00. The molecule has 0 radical (unpaired) electrons. The van der Waals surface area contributed by atoms with E-state index in [0.717, 1.165) is 18.7 Å². The molecule has 2 aromatic rings. The van der Waals surface area contributed by atoms with E-state index in [4.69, 9.17) is 0 Å². The fourth-order valence-corrected chi connectivity index (χ4v) is 1.47. The number of hydrogen-bond acceptors (Lipinski definition) is 1. The summed E-state index contributed by atoms with van der Waals surface area (Å²) in [5.41, 5.74) is 2.44. The molecule has 84 valence electrons. The average molecular weight is 235 g/mol. The first-order chi connectivity index (χ1) is 7.34. The Bertz CT molecular complexity index is 412. The zero-order valence-corrected chi connectivity index (χ0v) is 10.1. The molecule has 0 aliphatic carbocycles. The summed E-state index contributed by atoms with van der Waals surface area (Å²) in [7, 11) is 0. The summed E-state index contributed by atoms with van der Waals surface area (Å²) in [6.07, 6.45) is 7.04. The lowest BCUT2D eigenvalue weighted by atomic mass is 10.2. The number of halogens is 1. The zero-order valence-electron chi connectivity index (χ0n) is 9.31. The van der Waals surface area contributed by atoms with Crippen LogP contribution in [0, 0.1) is 6.92 Å². The maximum atomic E-state index is 4.30. The van der Waals surface area contributed by atoms with E-state index in [9.17, 15) is 0 Å². The van der Waals surface area contributed by atoms with Crippen molar-refractivity contribution in [2.24, 2.45) is 0 Å². The van der Waals surface area contributed by atoms with Crippen molar-refractivity contribution >= 4 is 0 Å². The minimum Gasteiger partial charge on any atom is -1.00 e. The fraction of sp³-hybridized carbons (Fsp3) is 0.231. The van der Waals surface area contributed by atoms with Crippen LogP contribution in [0.1, 0.15) is 11.3 Å². The second-order valence-electron chi connectivity index (χ2n) is 3.68. The van der Waals surface area contributed by atoms with E-state index in [1.165, 1.54) is 5.56 Å². The quantitative estimate of drug-likeness (QED) is 0.618. The van der Waals surface area contributed by atoms with Gasteiger partial charge in [-0.1, -0.05) is 6.07 Å². The van der Waals surface area contributed by atoms with E-state index in [1.54, 1.807) is 0 Å². The Morgan fingerprint density at radius 2 is 1.88 bits per heavy atom. The molecule has 2 heterocycles. The first-order valence-electron chi connectivity index (χ1n) is 5.20. The average Bonchev–Trinajstić information content (AvgIpc) is 2.30. The molecule has 16 heavy (non-hydrogen) atoms. The highest BCUT2D eigenvalue weighted by Crippen LogP contribution is 1.95. The predicted molar refractivity (Wildman–Crippen MR) is 59.3 cm³/mol. The van der Waals surface area contributed by atoms with Crippen LogP contribution in [0.25, 0.3) is 0 Å². The van der Waals surface area contributed by atoms with Gasteiger partial charge in [0.2, 0.25) is 0 Å². The molecule has 0 aromatic carbocycles. The lowest BCUT2D eigenvalue weighted by Gasteiger charge is -1.97. The Morgan fingerprint density at radius 3 is 2.50 bits per heavy atom. The Kier molecular flexibility index (Phi) is 4.93. The molecule has 0 saturated carbocycles. The lowest BCUT2D eigenvalue weighted by molar-refractivity contribution is -0.696. The van der Waals surface area contributed by atoms with E-state index in [-0.39, 0.29) is 12.4 Å². The zero-order chi connectivity index (χ0) is 10.5. The van der Waals surface area contributed by atoms with Crippen LogP contribution in [0.2, 0.25) is 0 Å². The molecule has 0 aliphatic heterocycles. The van der Waals surface area contributed by atoms with Crippen molar-refractivity contribution in [1.82, 2.24) is 4.98 Å². The maximum absolute atomic E-state index is 4.30. The largest absolute Gasteiger partial charge is 1.00 e. The molecule has 2 nitrogen and oxygen atoms in total. The van der Waals surface area contributed by atoms with Crippen molar-refractivity contribution < 1.29 is 17.0 Å². The summed E-state index contributed by atoms with van der Waals surface area (Å²) in [6.45, 7) is 3.08. The Labute approximate surface area is 102 Å². The monoisotopic (exact) mass is 234 g/mol. The molecule has 0 unspecified atom stereocenters. The van der Waals surface area contributed by atoms with Gasteiger partial charge in [0.1, 0.15) is 0 Å². The van der Waals surface area contributed by atoms with Crippen molar-refractivity contribution in [3.8, 4) is 0 Å². The molecule has 0 aliphatic rings. The number of aromatic nitrogens is 2.